The molecule has 32 heavy (non-hydrogen) atoms. The van der Waals surface area contributed by atoms with Crippen LogP contribution in [0.5, 0.6) is 28.7 Å². The number of Topliss-reactive ketones (excluding diaryl/α,β-unsaturated/α-hetero) is 1. The van der Waals surface area contributed by atoms with Gasteiger partial charge in [-0.15, -0.1) is 0 Å². The average Bonchev–Trinajstić information content (AvgIpc) is 2.69. The van der Waals surface area contributed by atoms with Gasteiger partial charge in [-0.1, -0.05) is 23.3 Å². The minimum absolute atomic E-state index is 0.00212. The number of phenolic OH excluding ortho intramolecular Hbond substituents is 4. The summed E-state index contributed by atoms with van der Waals surface area (Å²) in [7, 11) is 0. The molecule has 1 unspecified atom stereocenters. The molecule has 0 saturated heterocycles. The molecule has 5 N–H and O–H groups in total. The zero-order valence-electron chi connectivity index (χ0n) is 18.6. The monoisotopic (exact) mass is 440 g/mol. The zero-order chi connectivity index (χ0) is 23.8. The summed E-state index contributed by atoms with van der Waals surface area (Å²) in [6.45, 7) is 6.96. The smallest absolute Gasteiger partial charge is 0.210 e. The van der Waals surface area contributed by atoms with Crippen molar-refractivity contribution in [2.24, 2.45) is 0 Å². The van der Waals surface area contributed by atoms with Crippen LogP contribution in [0.4, 0.5) is 0 Å². The van der Waals surface area contributed by atoms with E-state index < -0.39 is 29.5 Å². The summed E-state index contributed by atoms with van der Waals surface area (Å²) < 4.78 is 5.71. The van der Waals surface area contributed by atoms with Crippen molar-refractivity contribution in [3.05, 3.63) is 63.8 Å². The lowest BCUT2D eigenvalue weighted by Gasteiger charge is -2.34. The van der Waals surface area contributed by atoms with E-state index in [4.69, 9.17) is 4.74 Å². The third kappa shape index (κ3) is 4.03. The lowest BCUT2D eigenvalue weighted by molar-refractivity contribution is -0.00706. The number of allylic oxidation sites excluding steroid dienone is 4. The van der Waals surface area contributed by atoms with Gasteiger partial charge in [0, 0.05) is 22.8 Å². The van der Waals surface area contributed by atoms with Gasteiger partial charge >= 0.3 is 0 Å². The predicted molar refractivity (Wildman–Crippen MR) is 120 cm³/mol. The summed E-state index contributed by atoms with van der Waals surface area (Å²) in [5, 5.41) is 53.0. The summed E-state index contributed by atoms with van der Waals surface area (Å²) in [4.78, 5) is 13.4. The van der Waals surface area contributed by atoms with Crippen LogP contribution in [0.15, 0.2) is 41.5 Å². The fraction of sp³-hybridized carbons (Fsp3) is 0.320. The molecule has 0 saturated carbocycles. The van der Waals surface area contributed by atoms with Crippen LogP contribution in [0.2, 0.25) is 0 Å². The van der Waals surface area contributed by atoms with Gasteiger partial charge < -0.3 is 30.3 Å². The SMILES string of the molecule is CC(C)=CCc1c(O)ccc(C2(O)COc3c(CC=C(C)C)c(O)cc(O)c3C2=O)c1O. The number of carbonyl (C=O) groups is 1. The Labute approximate surface area is 186 Å². The molecule has 2 aromatic rings. The highest BCUT2D eigenvalue weighted by Gasteiger charge is 2.48. The number of rotatable bonds is 5. The average molecular weight is 440 g/mol. The number of aromatic hydroxyl groups is 4. The number of hydrogen-bond donors (Lipinski definition) is 5. The van der Waals surface area contributed by atoms with E-state index in [1.165, 1.54) is 12.1 Å². The van der Waals surface area contributed by atoms with Crippen LogP contribution in [0.25, 0.3) is 0 Å². The summed E-state index contributed by atoms with van der Waals surface area (Å²) in [6.07, 6.45) is 4.09. The molecule has 0 fully saturated rings. The van der Waals surface area contributed by atoms with Crippen LogP contribution in [-0.2, 0) is 18.4 Å². The number of hydrogen-bond acceptors (Lipinski definition) is 7. The molecule has 0 aromatic heterocycles. The lowest BCUT2D eigenvalue weighted by atomic mass is 9.81. The number of benzene rings is 2. The number of ketones is 1. The standard InChI is InChI=1S/C25H28O7/c1-13(2)5-7-15-18(26)10-9-17(22(15)29)25(31)12-32-23-16(8-6-14(3)4)19(27)11-20(28)21(23)24(25)30/h5-6,9-11,26-29,31H,7-8,12H2,1-4H3. The molecule has 1 atom stereocenters. The van der Waals surface area contributed by atoms with Gasteiger partial charge in [-0.05, 0) is 52.7 Å². The molecule has 3 rings (SSSR count). The molecular formula is C25H28O7. The Bertz CT molecular complexity index is 1140. The Morgan fingerprint density at radius 3 is 2.12 bits per heavy atom. The van der Waals surface area contributed by atoms with Crippen LogP contribution < -0.4 is 4.74 Å². The van der Waals surface area contributed by atoms with Gasteiger partial charge in [0.1, 0.15) is 40.9 Å². The first-order chi connectivity index (χ1) is 15.0. The lowest BCUT2D eigenvalue weighted by Crippen LogP contribution is -2.45. The quantitative estimate of drug-likeness (QED) is 0.445. The maximum absolute atomic E-state index is 13.4. The van der Waals surface area contributed by atoms with Gasteiger partial charge in [-0.2, -0.15) is 0 Å². The summed E-state index contributed by atoms with van der Waals surface area (Å²) in [5.74, 6) is -2.23. The summed E-state index contributed by atoms with van der Waals surface area (Å²) in [6, 6.07) is 3.59. The maximum Gasteiger partial charge on any atom is 0.210 e. The number of carbonyl (C=O) groups excluding carboxylic acids is 1. The molecular weight excluding hydrogens is 412 g/mol. The van der Waals surface area contributed by atoms with Crippen molar-refractivity contribution >= 4 is 5.78 Å². The molecule has 0 aliphatic carbocycles. The number of phenols is 4. The van der Waals surface area contributed by atoms with E-state index in [0.29, 0.717) is 5.56 Å². The molecule has 0 radical (unpaired) electrons. The largest absolute Gasteiger partial charge is 0.508 e. The number of ether oxygens (including phenoxy) is 1. The minimum Gasteiger partial charge on any atom is -0.508 e. The van der Waals surface area contributed by atoms with Gasteiger partial charge in [0.25, 0.3) is 0 Å². The van der Waals surface area contributed by atoms with Crippen molar-refractivity contribution in [2.45, 2.75) is 46.1 Å². The van der Waals surface area contributed by atoms with Crippen molar-refractivity contribution < 1.29 is 35.1 Å². The second kappa shape index (κ2) is 8.59. The topological polar surface area (TPSA) is 127 Å². The molecule has 0 amide bonds. The second-order valence-electron chi connectivity index (χ2n) is 8.51. The van der Waals surface area contributed by atoms with E-state index >= 15 is 0 Å². The summed E-state index contributed by atoms with van der Waals surface area (Å²) in [5.41, 5.74) is -0.278. The summed E-state index contributed by atoms with van der Waals surface area (Å²) >= 11 is 0. The minimum atomic E-state index is -2.30. The van der Waals surface area contributed by atoms with E-state index in [2.05, 4.69) is 0 Å². The highest BCUT2D eigenvalue weighted by molar-refractivity contribution is 6.09. The van der Waals surface area contributed by atoms with Crippen molar-refractivity contribution in [3.8, 4) is 28.7 Å². The van der Waals surface area contributed by atoms with E-state index in [1.54, 1.807) is 6.08 Å². The first kappa shape index (κ1) is 23.2. The normalized spacial score (nSPS) is 17.3. The first-order valence-corrected chi connectivity index (χ1v) is 10.3. The van der Waals surface area contributed by atoms with Crippen LogP contribution in [0, 0.1) is 0 Å². The molecule has 7 heteroatoms. The van der Waals surface area contributed by atoms with Gasteiger partial charge in [0.05, 0.1) is 0 Å². The molecule has 1 heterocycles. The first-order valence-electron chi connectivity index (χ1n) is 10.3. The van der Waals surface area contributed by atoms with Crippen LogP contribution in [0.3, 0.4) is 0 Å². The zero-order valence-corrected chi connectivity index (χ0v) is 18.6. The van der Waals surface area contributed by atoms with Gasteiger partial charge in [0.15, 0.2) is 5.60 Å². The van der Waals surface area contributed by atoms with Crippen molar-refractivity contribution in [1.82, 2.24) is 0 Å². The van der Waals surface area contributed by atoms with Crippen molar-refractivity contribution in [1.29, 1.82) is 0 Å². The Hall–Kier alpha value is -3.45. The van der Waals surface area contributed by atoms with Crippen molar-refractivity contribution in [3.63, 3.8) is 0 Å². The Morgan fingerprint density at radius 2 is 1.53 bits per heavy atom. The van der Waals surface area contributed by atoms with E-state index in [-0.39, 0.29) is 46.8 Å². The van der Waals surface area contributed by atoms with Crippen LogP contribution in [-0.4, -0.2) is 37.9 Å². The molecule has 1 aliphatic rings. The fourth-order valence-electron chi connectivity index (χ4n) is 3.67. The van der Waals surface area contributed by atoms with E-state index in [9.17, 15) is 30.3 Å². The molecule has 0 bridgehead atoms. The Balaban J connectivity index is 2.14. The molecule has 7 nitrogen and oxygen atoms in total. The fourth-order valence-corrected chi connectivity index (χ4v) is 3.67. The third-order valence-electron chi connectivity index (χ3n) is 5.50. The van der Waals surface area contributed by atoms with Crippen LogP contribution in [0.1, 0.15) is 54.7 Å². The van der Waals surface area contributed by atoms with Gasteiger partial charge in [-0.25, -0.2) is 0 Å². The molecule has 170 valence electrons. The Kier molecular flexibility index (Phi) is 6.23. The predicted octanol–water partition coefficient (Wildman–Crippen LogP) is 3.99. The third-order valence-corrected chi connectivity index (χ3v) is 5.50. The Morgan fingerprint density at radius 1 is 0.938 bits per heavy atom. The highest BCUT2D eigenvalue weighted by Crippen LogP contribution is 2.48. The van der Waals surface area contributed by atoms with E-state index in [1.807, 2.05) is 33.8 Å². The van der Waals surface area contributed by atoms with Crippen molar-refractivity contribution in [2.75, 3.05) is 6.61 Å². The second-order valence-corrected chi connectivity index (χ2v) is 8.51. The van der Waals surface area contributed by atoms with Gasteiger partial charge in [-0.3, -0.25) is 4.79 Å². The molecule has 0 spiro atoms. The molecule has 1 aliphatic heterocycles. The number of fused-ring (bicyclic) bond motifs is 1. The number of aliphatic hydroxyl groups is 1. The van der Waals surface area contributed by atoms with Crippen LogP contribution >= 0.6 is 0 Å². The van der Waals surface area contributed by atoms with Gasteiger partial charge in [0.2, 0.25) is 5.78 Å². The maximum atomic E-state index is 13.4. The highest BCUT2D eigenvalue weighted by atomic mass is 16.5. The van der Waals surface area contributed by atoms with E-state index in [0.717, 1.165) is 17.2 Å². The molecule has 2 aromatic carbocycles.